The molecule has 0 radical (unpaired) electrons. The second-order valence-corrected chi connectivity index (χ2v) is 15.9. The lowest BCUT2D eigenvalue weighted by molar-refractivity contribution is -0.166. The number of allylic oxidation sites excluding steroid dienone is 1. The Kier molecular flexibility index (Phi) is 6.09. The van der Waals surface area contributed by atoms with Crippen LogP contribution in [0.5, 0.6) is 0 Å². The molecule has 10 unspecified atom stereocenters. The molecule has 0 saturated heterocycles. The highest BCUT2D eigenvalue weighted by Crippen LogP contribution is 2.89. The Bertz CT molecular complexity index is 857. The number of rotatable bonds is 7. The van der Waals surface area contributed by atoms with Crippen molar-refractivity contribution < 1.29 is 4.74 Å². The summed E-state index contributed by atoms with van der Waals surface area (Å²) in [6, 6.07) is 0. The van der Waals surface area contributed by atoms with Gasteiger partial charge in [-0.3, -0.25) is 0 Å². The van der Waals surface area contributed by atoms with E-state index in [0.29, 0.717) is 38.6 Å². The van der Waals surface area contributed by atoms with E-state index in [0.717, 1.165) is 23.7 Å². The second kappa shape index (κ2) is 8.10. The summed E-state index contributed by atoms with van der Waals surface area (Å²) in [6.45, 7) is 24.7. The highest BCUT2D eigenvalue weighted by atomic mass is 16.5. The molecule has 0 N–H and O–H groups in total. The van der Waals surface area contributed by atoms with Crippen molar-refractivity contribution in [3.8, 4) is 0 Å². The molecule has 0 aromatic carbocycles. The van der Waals surface area contributed by atoms with E-state index in [1.807, 2.05) is 7.11 Å². The van der Waals surface area contributed by atoms with E-state index < -0.39 is 0 Å². The maximum Gasteiger partial charge on any atom is 0.0625 e. The molecule has 5 rings (SSSR count). The molecular formula is C34H58O. The molecule has 0 aliphatic heterocycles. The zero-order chi connectivity index (χ0) is 25.7. The van der Waals surface area contributed by atoms with Crippen LogP contribution < -0.4 is 0 Å². The first-order valence-corrected chi connectivity index (χ1v) is 15.5. The van der Waals surface area contributed by atoms with Crippen LogP contribution in [-0.4, -0.2) is 13.2 Å². The van der Waals surface area contributed by atoms with Crippen LogP contribution in [0.3, 0.4) is 0 Å². The van der Waals surface area contributed by atoms with Gasteiger partial charge >= 0.3 is 0 Å². The largest absolute Gasteiger partial charge is 0.381 e. The first-order chi connectivity index (χ1) is 16.3. The summed E-state index contributed by atoms with van der Waals surface area (Å²) in [5, 5.41) is 0. The summed E-state index contributed by atoms with van der Waals surface area (Å²) in [5.41, 5.74) is 4.43. The van der Waals surface area contributed by atoms with Crippen molar-refractivity contribution in [2.24, 2.45) is 56.2 Å². The Morgan fingerprint density at radius 1 is 0.943 bits per heavy atom. The minimum Gasteiger partial charge on any atom is -0.381 e. The van der Waals surface area contributed by atoms with E-state index in [4.69, 9.17) is 4.74 Å². The van der Waals surface area contributed by atoms with Gasteiger partial charge < -0.3 is 4.74 Å². The van der Waals surface area contributed by atoms with Crippen molar-refractivity contribution in [3.05, 3.63) is 12.2 Å². The zero-order valence-corrected chi connectivity index (χ0v) is 25.0. The first-order valence-electron chi connectivity index (χ1n) is 15.5. The van der Waals surface area contributed by atoms with Gasteiger partial charge in [0, 0.05) is 7.11 Å². The van der Waals surface area contributed by atoms with Gasteiger partial charge in [0.1, 0.15) is 0 Å². The Labute approximate surface area is 218 Å². The standard InChI is InChI=1S/C34H58O/c1-11-30(7,23(2)3)17-14-24(4)25-15-18-32(9)27-13-12-26-29(5,6)28(35-10)16-19-33(26)22-34(27,33)21-20-31(25,32)8/h24-28H,2,11-22H2,1,3-10H3. The molecule has 0 aromatic heterocycles. The van der Waals surface area contributed by atoms with E-state index in [1.165, 1.54) is 76.2 Å². The van der Waals surface area contributed by atoms with Gasteiger partial charge in [0.2, 0.25) is 0 Å². The molecule has 200 valence electrons. The molecule has 0 bridgehead atoms. The average molecular weight is 483 g/mol. The zero-order valence-electron chi connectivity index (χ0n) is 25.0. The molecule has 1 nitrogen and oxygen atoms in total. The summed E-state index contributed by atoms with van der Waals surface area (Å²) in [4.78, 5) is 0. The Hall–Kier alpha value is -0.300. The van der Waals surface area contributed by atoms with Crippen LogP contribution in [0, 0.1) is 56.2 Å². The molecule has 5 fully saturated rings. The van der Waals surface area contributed by atoms with E-state index in [-0.39, 0.29) is 0 Å². The van der Waals surface area contributed by atoms with E-state index in [1.54, 1.807) is 6.42 Å². The van der Waals surface area contributed by atoms with Crippen molar-refractivity contribution in [1.82, 2.24) is 0 Å². The Morgan fingerprint density at radius 3 is 2.23 bits per heavy atom. The van der Waals surface area contributed by atoms with Crippen LogP contribution in [0.2, 0.25) is 0 Å². The summed E-state index contributed by atoms with van der Waals surface area (Å²) in [6.07, 6.45) is 17.6. The lowest BCUT2D eigenvalue weighted by Gasteiger charge is -2.63. The molecule has 35 heavy (non-hydrogen) atoms. The lowest BCUT2D eigenvalue weighted by Crippen LogP contribution is -2.57. The third-order valence-corrected chi connectivity index (χ3v) is 15.0. The Balaban J connectivity index is 1.37. The van der Waals surface area contributed by atoms with Gasteiger partial charge in [0.15, 0.2) is 0 Å². The SMILES string of the molecule is C=C(C)C(C)(CC)CCC(C)C1CCC2(C)C3CCC4C(C)(C)C(OC)CCC45CC35CCC12C. The number of hydrogen-bond donors (Lipinski definition) is 0. The van der Waals surface area contributed by atoms with Gasteiger partial charge in [0.05, 0.1) is 6.10 Å². The molecule has 1 heteroatoms. The van der Waals surface area contributed by atoms with Gasteiger partial charge in [0.25, 0.3) is 0 Å². The van der Waals surface area contributed by atoms with Crippen molar-refractivity contribution >= 4 is 0 Å². The van der Waals surface area contributed by atoms with Crippen LogP contribution in [0.4, 0.5) is 0 Å². The van der Waals surface area contributed by atoms with Gasteiger partial charge in [-0.1, -0.05) is 60.6 Å². The fourth-order valence-electron chi connectivity index (χ4n) is 12.1. The van der Waals surface area contributed by atoms with Crippen LogP contribution in [0.15, 0.2) is 12.2 Å². The molecular weight excluding hydrogens is 424 g/mol. The highest BCUT2D eigenvalue weighted by molar-refractivity contribution is 5.30. The van der Waals surface area contributed by atoms with E-state index in [2.05, 4.69) is 62.0 Å². The fourth-order valence-corrected chi connectivity index (χ4v) is 12.1. The maximum atomic E-state index is 6.06. The van der Waals surface area contributed by atoms with Crippen molar-refractivity contribution in [1.29, 1.82) is 0 Å². The molecule has 5 aliphatic rings. The fraction of sp³-hybridized carbons (Fsp3) is 0.941. The predicted octanol–water partition coefficient (Wildman–Crippen LogP) is 9.85. The van der Waals surface area contributed by atoms with Gasteiger partial charge in [-0.15, -0.1) is 0 Å². The van der Waals surface area contributed by atoms with Crippen molar-refractivity contribution in [3.63, 3.8) is 0 Å². The maximum absolute atomic E-state index is 6.06. The third-order valence-electron chi connectivity index (χ3n) is 15.0. The molecule has 5 saturated carbocycles. The predicted molar refractivity (Wildman–Crippen MR) is 149 cm³/mol. The van der Waals surface area contributed by atoms with Gasteiger partial charge in [-0.05, 0) is 140 Å². The summed E-state index contributed by atoms with van der Waals surface area (Å²) in [5.74, 6) is 3.59. The molecule has 2 spiro atoms. The number of methoxy groups -OCH3 is 1. The third kappa shape index (κ3) is 3.21. The van der Waals surface area contributed by atoms with Crippen molar-refractivity contribution in [2.45, 2.75) is 139 Å². The van der Waals surface area contributed by atoms with Crippen LogP contribution in [0.25, 0.3) is 0 Å². The molecule has 5 aliphatic carbocycles. The minimum atomic E-state index is 0.320. The van der Waals surface area contributed by atoms with Crippen LogP contribution >= 0.6 is 0 Å². The summed E-state index contributed by atoms with van der Waals surface area (Å²) in [7, 11) is 1.96. The monoisotopic (exact) mass is 482 g/mol. The minimum absolute atomic E-state index is 0.320. The van der Waals surface area contributed by atoms with Gasteiger partial charge in [-0.2, -0.15) is 0 Å². The quantitative estimate of drug-likeness (QED) is 0.328. The second-order valence-electron chi connectivity index (χ2n) is 15.9. The van der Waals surface area contributed by atoms with E-state index >= 15 is 0 Å². The molecule has 0 amide bonds. The van der Waals surface area contributed by atoms with Crippen LogP contribution in [0.1, 0.15) is 132 Å². The highest BCUT2D eigenvalue weighted by Gasteiger charge is 2.82. The number of fused-ring (bicyclic) bond motifs is 2. The molecule has 0 aromatic rings. The molecule has 0 heterocycles. The van der Waals surface area contributed by atoms with E-state index in [9.17, 15) is 0 Å². The number of hydrogen-bond acceptors (Lipinski definition) is 1. The summed E-state index contributed by atoms with van der Waals surface area (Å²) < 4.78 is 6.06. The first kappa shape index (κ1) is 26.3. The molecule has 10 atom stereocenters. The lowest BCUT2D eigenvalue weighted by atomic mass is 9.41. The Morgan fingerprint density at radius 2 is 1.60 bits per heavy atom. The average Bonchev–Trinajstić information content (AvgIpc) is 3.39. The number of ether oxygens (including phenoxy) is 1. The van der Waals surface area contributed by atoms with Crippen LogP contribution in [-0.2, 0) is 4.74 Å². The topological polar surface area (TPSA) is 9.23 Å². The summed E-state index contributed by atoms with van der Waals surface area (Å²) >= 11 is 0. The smallest absolute Gasteiger partial charge is 0.0625 e. The normalized spacial score (nSPS) is 50.2. The van der Waals surface area contributed by atoms with Crippen molar-refractivity contribution in [2.75, 3.05) is 7.11 Å². The van der Waals surface area contributed by atoms with Gasteiger partial charge in [-0.25, -0.2) is 0 Å².